The van der Waals surface area contributed by atoms with Gasteiger partial charge in [0, 0.05) is 6.54 Å². The van der Waals surface area contributed by atoms with E-state index in [1.54, 1.807) is 18.2 Å². The number of carbonyl (C=O) groups is 1. The summed E-state index contributed by atoms with van der Waals surface area (Å²) in [6, 6.07) is 11.7. The summed E-state index contributed by atoms with van der Waals surface area (Å²) < 4.78 is 49.9. The monoisotopic (exact) mass is 381 g/mol. The molecule has 0 radical (unpaired) electrons. The number of sulfonamides is 1. The molecule has 0 aromatic heterocycles. The second-order valence-corrected chi connectivity index (χ2v) is 7.11. The molecule has 6 nitrogen and oxygen atoms in total. The molecule has 0 spiro atoms. The van der Waals surface area contributed by atoms with Crippen LogP contribution in [0.4, 0.5) is 4.39 Å². The van der Waals surface area contributed by atoms with Crippen molar-refractivity contribution in [3.8, 4) is 5.75 Å². The van der Waals surface area contributed by atoms with E-state index in [1.165, 1.54) is 30.3 Å². The quantitative estimate of drug-likeness (QED) is 0.676. The van der Waals surface area contributed by atoms with Crippen LogP contribution in [0, 0.1) is 5.82 Å². The van der Waals surface area contributed by atoms with Gasteiger partial charge in [-0.15, -0.1) is 0 Å². The Kier molecular flexibility index (Phi) is 7.11. The Labute approximate surface area is 152 Å². The number of ether oxygens (including phenoxy) is 2. The fraction of sp³-hybridized carbons (Fsp3) is 0.278. The van der Waals surface area contributed by atoms with Gasteiger partial charge in [0.25, 0.3) is 0 Å². The number of esters is 1. The van der Waals surface area contributed by atoms with E-state index in [-0.39, 0.29) is 24.5 Å². The molecule has 0 heterocycles. The molecule has 0 aliphatic heterocycles. The molecule has 8 heteroatoms. The number of halogens is 1. The van der Waals surface area contributed by atoms with E-state index in [9.17, 15) is 17.6 Å². The van der Waals surface area contributed by atoms with E-state index < -0.39 is 21.8 Å². The number of hydrogen-bond donors (Lipinski definition) is 1. The van der Waals surface area contributed by atoms with Gasteiger partial charge in [0.05, 0.1) is 17.9 Å². The minimum atomic E-state index is -3.72. The van der Waals surface area contributed by atoms with Crippen LogP contribution in [0.1, 0.15) is 18.9 Å². The third-order valence-electron chi connectivity index (χ3n) is 3.36. The highest BCUT2D eigenvalue weighted by atomic mass is 32.2. The van der Waals surface area contributed by atoms with Crippen molar-refractivity contribution in [2.24, 2.45) is 0 Å². The molecule has 0 saturated heterocycles. The van der Waals surface area contributed by atoms with Crippen LogP contribution in [-0.4, -0.2) is 27.5 Å². The lowest BCUT2D eigenvalue weighted by atomic mass is 10.2. The zero-order valence-corrected chi connectivity index (χ0v) is 15.1. The van der Waals surface area contributed by atoms with Crippen molar-refractivity contribution in [1.82, 2.24) is 4.72 Å². The van der Waals surface area contributed by atoms with Crippen molar-refractivity contribution in [2.75, 3.05) is 13.2 Å². The fourth-order valence-electron chi connectivity index (χ4n) is 2.12. The topological polar surface area (TPSA) is 81.7 Å². The summed E-state index contributed by atoms with van der Waals surface area (Å²) in [5, 5.41) is 0. The van der Waals surface area contributed by atoms with Crippen LogP contribution in [-0.2, 0) is 26.2 Å². The largest absolute Gasteiger partial charge is 0.494 e. The summed E-state index contributed by atoms with van der Waals surface area (Å²) >= 11 is 0. The molecule has 1 N–H and O–H groups in total. The first-order valence-corrected chi connectivity index (χ1v) is 9.51. The van der Waals surface area contributed by atoms with Crippen LogP contribution >= 0.6 is 0 Å². The molecule has 0 bridgehead atoms. The first kappa shape index (κ1) is 19.9. The lowest BCUT2D eigenvalue weighted by Crippen LogP contribution is -2.26. The number of benzene rings is 2. The van der Waals surface area contributed by atoms with Gasteiger partial charge in [-0.2, -0.15) is 0 Å². The SMILES string of the molecule is CCOc1ccc(S(=O)(=O)NCCC(=O)OCc2cccc(F)c2)cc1. The van der Waals surface area contributed by atoms with Crippen molar-refractivity contribution in [3.05, 3.63) is 59.9 Å². The molecule has 0 aliphatic rings. The summed E-state index contributed by atoms with van der Waals surface area (Å²) in [5.74, 6) is -0.419. The van der Waals surface area contributed by atoms with Crippen molar-refractivity contribution in [3.63, 3.8) is 0 Å². The third kappa shape index (κ3) is 6.12. The van der Waals surface area contributed by atoms with Gasteiger partial charge >= 0.3 is 5.97 Å². The number of rotatable bonds is 9. The van der Waals surface area contributed by atoms with Crippen LogP contribution in [0.15, 0.2) is 53.4 Å². The van der Waals surface area contributed by atoms with Crippen LogP contribution in [0.5, 0.6) is 5.75 Å². The molecule has 2 aromatic carbocycles. The lowest BCUT2D eigenvalue weighted by Gasteiger charge is -2.08. The molecule has 26 heavy (non-hydrogen) atoms. The highest BCUT2D eigenvalue weighted by Gasteiger charge is 2.14. The maximum atomic E-state index is 13.0. The maximum Gasteiger partial charge on any atom is 0.307 e. The fourth-order valence-corrected chi connectivity index (χ4v) is 3.15. The standard InChI is InChI=1S/C18H20FNO5S/c1-2-24-16-6-8-17(9-7-16)26(22,23)20-11-10-18(21)25-13-14-4-3-5-15(19)12-14/h3-9,12,20H,2,10-11,13H2,1H3. The predicted molar refractivity (Wildman–Crippen MR) is 93.6 cm³/mol. The van der Waals surface area contributed by atoms with Crippen molar-refractivity contribution in [2.45, 2.75) is 24.8 Å². The minimum absolute atomic E-state index is 0.0672. The van der Waals surface area contributed by atoms with E-state index >= 15 is 0 Å². The van der Waals surface area contributed by atoms with Gasteiger partial charge in [0.1, 0.15) is 18.2 Å². The zero-order valence-electron chi connectivity index (χ0n) is 14.3. The highest BCUT2D eigenvalue weighted by molar-refractivity contribution is 7.89. The molecule has 0 amide bonds. The second kappa shape index (κ2) is 9.30. The van der Waals surface area contributed by atoms with Crippen LogP contribution in [0.3, 0.4) is 0 Å². The van der Waals surface area contributed by atoms with Gasteiger partial charge in [-0.25, -0.2) is 17.5 Å². The average Bonchev–Trinajstić information content (AvgIpc) is 2.61. The molecule has 0 unspecified atom stereocenters. The number of hydrogen-bond acceptors (Lipinski definition) is 5. The van der Waals surface area contributed by atoms with Gasteiger partial charge in [0.2, 0.25) is 10.0 Å². The summed E-state index contributed by atoms with van der Waals surface area (Å²) in [5.41, 5.74) is 0.522. The van der Waals surface area contributed by atoms with E-state index in [1.807, 2.05) is 6.92 Å². The highest BCUT2D eigenvalue weighted by Crippen LogP contribution is 2.15. The summed E-state index contributed by atoms with van der Waals surface area (Å²) in [7, 11) is -3.72. The van der Waals surface area contributed by atoms with Crippen LogP contribution in [0.25, 0.3) is 0 Å². The lowest BCUT2D eigenvalue weighted by molar-refractivity contribution is -0.144. The van der Waals surface area contributed by atoms with Crippen molar-refractivity contribution >= 4 is 16.0 Å². The van der Waals surface area contributed by atoms with Gasteiger partial charge < -0.3 is 9.47 Å². The Hall–Kier alpha value is -2.45. The van der Waals surface area contributed by atoms with Crippen LogP contribution in [0.2, 0.25) is 0 Å². The zero-order chi connectivity index (χ0) is 19.0. The minimum Gasteiger partial charge on any atom is -0.494 e. The molecule has 0 saturated carbocycles. The van der Waals surface area contributed by atoms with Gasteiger partial charge in [-0.05, 0) is 48.9 Å². The molecule has 2 rings (SSSR count). The maximum absolute atomic E-state index is 13.0. The first-order chi connectivity index (χ1) is 12.4. The normalized spacial score (nSPS) is 11.2. The Morgan fingerprint density at radius 1 is 1.15 bits per heavy atom. The summed E-state index contributed by atoms with van der Waals surface area (Å²) in [6.07, 6.45) is -0.133. The molecule has 2 aromatic rings. The molecular formula is C18H20FNO5S. The number of nitrogens with one attached hydrogen (secondary N) is 1. The van der Waals surface area contributed by atoms with E-state index in [0.717, 1.165) is 0 Å². The predicted octanol–water partition coefficient (Wildman–Crippen LogP) is 2.64. The van der Waals surface area contributed by atoms with Gasteiger partial charge in [-0.1, -0.05) is 12.1 Å². The number of carbonyl (C=O) groups excluding carboxylic acids is 1. The van der Waals surface area contributed by atoms with Crippen molar-refractivity contribution < 1.29 is 27.1 Å². The molecule has 0 aliphatic carbocycles. The second-order valence-electron chi connectivity index (χ2n) is 5.34. The smallest absolute Gasteiger partial charge is 0.307 e. The Morgan fingerprint density at radius 3 is 2.54 bits per heavy atom. The summed E-state index contributed by atoms with van der Waals surface area (Å²) in [6.45, 7) is 2.15. The van der Waals surface area contributed by atoms with E-state index in [0.29, 0.717) is 17.9 Å². The Morgan fingerprint density at radius 2 is 1.88 bits per heavy atom. The average molecular weight is 381 g/mol. The van der Waals surface area contributed by atoms with Crippen LogP contribution < -0.4 is 9.46 Å². The van der Waals surface area contributed by atoms with E-state index in [2.05, 4.69) is 4.72 Å². The molecule has 0 atom stereocenters. The van der Waals surface area contributed by atoms with E-state index in [4.69, 9.17) is 9.47 Å². The first-order valence-electron chi connectivity index (χ1n) is 8.03. The summed E-state index contributed by atoms with van der Waals surface area (Å²) in [4.78, 5) is 11.8. The third-order valence-corrected chi connectivity index (χ3v) is 4.83. The molecule has 140 valence electrons. The van der Waals surface area contributed by atoms with Gasteiger partial charge in [-0.3, -0.25) is 4.79 Å². The van der Waals surface area contributed by atoms with Gasteiger partial charge in [0.15, 0.2) is 0 Å². The molecule has 0 fully saturated rings. The molecular weight excluding hydrogens is 361 g/mol. The Balaban J connectivity index is 1.79. The van der Waals surface area contributed by atoms with Crippen molar-refractivity contribution in [1.29, 1.82) is 0 Å². The Bertz CT molecular complexity index is 837.